The first-order chi connectivity index (χ1) is 17.2. The van der Waals surface area contributed by atoms with Gasteiger partial charge in [-0.3, -0.25) is 24.0 Å². The second-order valence-electron chi connectivity index (χ2n) is 7.85. The molecule has 2 aromatic carbocycles. The van der Waals surface area contributed by atoms with E-state index in [0.717, 1.165) is 6.07 Å². The second kappa shape index (κ2) is 10.3. The molecule has 1 aliphatic heterocycles. The fraction of sp³-hybridized carbons (Fsp3) is 0.217. The number of primary amides is 1. The maximum absolute atomic E-state index is 13.8. The molecule has 3 aromatic rings. The number of aromatic nitrogens is 2. The highest BCUT2D eigenvalue weighted by Crippen LogP contribution is 2.37. The van der Waals surface area contributed by atoms with Crippen molar-refractivity contribution < 1.29 is 28.2 Å². The van der Waals surface area contributed by atoms with Crippen molar-refractivity contribution in [1.29, 1.82) is 0 Å². The van der Waals surface area contributed by atoms with E-state index in [4.69, 9.17) is 27.2 Å². The molecule has 10 nitrogen and oxygen atoms in total. The van der Waals surface area contributed by atoms with Crippen LogP contribution < -0.4 is 25.8 Å². The normalized spacial score (nSPS) is 12.6. The van der Waals surface area contributed by atoms with E-state index in [2.05, 4.69) is 4.98 Å². The summed E-state index contributed by atoms with van der Waals surface area (Å²) in [5, 5.41) is 8.74. The van der Waals surface area contributed by atoms with E-state index in [0.29, 0.717) is 23.0 Å². The lowest BCUT2D eigenvalue weighted by Crippen LogP contribution is -2.41. The Hall–Kier alpha value is -4.03. The zero-order valence-electron chi connectivity index (χ0n) is 18.7. The number of halogens is 3. The summed E-state index contributed by atoms with van der Waals surface area (Å²) in [6.07, 6.45) is 1.08. The van der Waals surface area contributed by atoms with Gasteiger partial charge in [-0.05, 0) is 29.8 Å². The molecular formula is C23H20ClF2N5O5. The molecule has 0 spiro atoms. The molecule has 1 aliphatic rings. The van der Waals surface area contributed by atoms with Crippen LogP contribution in [0.4, 0.5) is 25.0 Å². The van der Waals surface area contributed by atoms with Crippen molar-refractivity contribution in [3.8, 4) is 5.88 Å². The molecule has 0 aliphatic carbocycles. The molecule has 3 N–H and O–H groups in total. The SMILES string of the molecule is NC(=O)N1CN(C(=O)CCO)c2ccc(Cn3cnc(OCc4ccc(F)cc4F)c(Cl)c3=O)cc21. The van der Waals surface area contributed by atoms with Gasteiger partial charge < -0.3 is 15.6 Å². The van der Waals surface area contributed by atoms with Crippen molar-refractivity contribution in [1.82, 2.24) is 9.55 Å². The van der Waals surface area contributed by atoms with Crippen molar-refractivity contribution in [3.05, 3.63) is 80.9 Å². The number of aliphatic hydroxyl groups excluding tert-OH is 1. The van der Waals surface area contributed by atoms with Crippen LogP contribution in [0.25, 0.3) is 0 Å². The number of fused-ring (bicyclic) bond motifs is 1. The fourth-order valence-corrected chi connectivity index (χ4v) is 3.89. The number of anilines is 2. The Kier molecular flexibility index (Phi) is 7.17. The van der Waals surface area contributed by atoms with Crippen molar-refractivity contribution in [2.24, 2.45) is 5.73 Å². The third kappa shape index (κ3) is 4.99. The number of nitrogens with two attached hydrogens (primary N) is 1. The molecule has 0 bridgehead atoms. The van der Waals surface area contributed by atoms with E-state index in [1.165, 1.54) is 26.8 Å². The van der Waals surface area contributed by atoms with Gasteiger partial charge in [0.05, 0.1) is 30.9 Å². The second-order valence-corrected chi connectivity index (χ2v) is 8.23. The molecule has 0 saturated heterocycles. The fourth-order valence-electron chi connectivity index (χ4n) is 3.68. The van der Waals surface area contributed by atoms with Crippen molar-refractivity contribution in [2.75, 3.05) is 23.1 Å². The molecule has 4 rings (SSSR count). The van der Waals surface area contributed by atoms with Gasteiger partial charge in [0.15, 0.2) is 5.02 Å². The monoisotopic (exact) mass is 519 g/mol. The minimum atomic E-state index is -0.808. The van der Waals surface area contributed by atoms with Crippen LogP contribution in [0.3, 0.4) is 0 Å². The van der Waals surface area contributed by atoms with Crippen LogP contribution in [-0.4, -0.2) is 39.9 Å². The number of rotatable bonds is 7. The maximum Gasteiger partial charge on any atom is 0.320 e. The van der Waals surface area contributed by atoms with Gasteiger partial charge in [0.2, 0.25) is 11.8 Å². The highest BCUT2D eigenvalue weighted by molar-refractivity contribution is 6.31. The van der Waals surface area contributed by atoms with Gasteiger partial charge in [-0.15, -0.1) is 0 Å². The van der Waals surface area contributed by atoms with Gasteiger partial charge in [0.1, 0.15) is 31.2 Å². The first-order valence-electron chi connectivity index (χ1n) is 10.6. The lowest BCUT2D eigenvalue weighted by Gasteiger charge is -2.17. The van der Waals surface area contributed by atoms with Gasteiger partial charge in [-0.2, -0.15) is 0 Å². The summed E-state index contributed by atoms with van der Waals surface area (Å²) < 4.78 is 33.4. The number of hydrogen-bond donors (Lipinski definition) is 2. The third-order valence-electron chi connectivity index (χ3n) is 5.48. The average molecular weight is 520 g/mol. The molecule has 0 atom stereocenters. The molecule has 3 amide bonds. The lowest BCUT2D eigenvalue weighted by atomic mass is 10.1. The molecule has 0 radical (unpaired) electrons. The predicted octanol–water partition coefficient (Wildman–Crippen LogP) is 2.37. The van der Waals surface area contributed by atoms with Crippen LogP contribution in [0.5, 0.6) is 5.88 Å². The van der Waals surface area contributed by atoms with Crippen LogP contribution >= 0.6 is 11.6 Å². The molecule has 0 saturated carbocycles. The van der Waals surface area contributed by atoms with Gasteiger partial charge in [0.25, 0.3) is 5.56 Å². The van der Waals surface area contributed by atoms with E-state index in [1.807, 2.05) is 0 Å². The third-order valence-corrected chi connectivity index (χ3v) is 5.80. The summed E-state index contributed by atoms with van der Waals surface area (Å²) in [4.78, 5) is 43.6. The van der Waals surface area contributed by atoms with Crippen molar-refractivity contribution >= 4 is 34.9 Å². The summed E-state index contributed by atoms with van der Waals surface area (Å²) in [6.45, 7) is -0.736. The van der Waals surface area contributed by atoms with Crippen LogP contribution in [0.1, 0.15) is 17.5 Å². The topological polar surface area (TPSA) is 131 Å². The number of amides is 3. The molecule has 1 aromatic heterocycles. The van der Waals surface area contributed by atoms with Crippen molar-refractivity contribution in [3.63, 3.8) is 0 Å². The Bertz CT molecular complexity index is 1400. The van der Waals surface area contributed by atoms with E-state index in [1.54, 1.807) is 18.2 Å². The number of nitrogens with zero attached hydrogens (tertiary/aromatic N) is 4. The summed E-state index contributed by atoms with van der Waals surface area (Å²) in [7, 11) is 0. The Labute approximate surface area is 208 Å². The number of carbonyl (C=O) groups is 2. The molecule has 0 unspecified atom stereocenters. The number of carbonyl (C=O) groups excluding carboxylic acids is 2. The summed E-state index contributed by atoms with van der Waals surface area (Å²) in [5.41, 5.74) is 6.28. The Balaban J connectivity index is 1.55. The number of ether oxygens (including phenoxy) is 1. The predicted molar refractivity (Wildman–Crippen MR) is 126 cm³/mol. The minimum absolute atomic E-state index is 0.0168. The van der Waals surface area contributed by atoms with E-state index < -0.39 is 23.2 Å². The Morgan fingerprint density at radius 2 is 1.92 bits per heavy atom. The van der Waals surface area contributed by atoms with Crippen molar-refractivity contribution in [2.45, 2.75) is 19.6 Å². The highest BCUT2D eigenvalue weighted by atomic mass is 35.5. The first kappa shape index (κ1) is 25.1. The van der Waals surface area contributed by atoms with Gasteiger partial charge in [0, 0.05) is 11.6 Å². The highest BCUT2D eigenvalue weighted by Gasteiger charge is 2.32. The van der Waals surface area contributed by atoms with E-state index in [-0.39, 0.29) is 55.2 Å². The average Bonchev–Trinajstić information content (AvgIpc) is 3.22. The molecule has 0 fully saturated rings. The minimum Gasteiger partial charge on any atom is -0.471 e. The molecule has 36 heavy (non-hydrogen) atoms. The molecule has 188 valence electrons. The summed E-state index contributed by atoms with van der Waals surface area (Å²) >= 11 is 6.13. The summed E-state index contributed by atoms with van der Waals surface area (Å²) in [5.74, 6) is -2.13. The molecular weight excluding hydrogens is 500 g/mol. The van der Waals surface area contributed by atoms with E-state index >= 15 is 0 Å². The van der Waals surface area contributed by atoms with Gasteiger partial charge in [-0.1, -0.05) is 17.7 Å². The van der Waals surface area contributed by atoms with Crippen LogP contribution in [0, 0.1) is 11.6 Å². The standard InChI is InChI=1S/C23H20ClF2N5O5/c24-20-21(36-10-14-2-3-15(25)8-16(14)26)28-11-29(22(20)34)9-13-1-4-17-18(7-13)31(23(27)35)12-30(17)19(33)5-6-32/h1-4,7-8,11,32H,5-6,9-10,12H2,(H2,27,35). The van der Waals surface area contributed by atoms with Gasteiger partial charge in [-0.25, -0.2) is 18.6 Å². The van der Waals surface area contributed by atoms with E-state index in [9.17, 15) is 23.2 Å². The molecule has 2 heterocycles. The lowest BCUT2D eigenvalue weighted by molar-refractivity contribution is -0.119. The number of urea groups is 1. The first-order valence-corrected chi connectivity index (χ1v) is 11.0. The maximum atomic E-state index is 13.8. The van der Waals surface area contributed by atoms with Crippen LogP contribution in [0.2, 0.25) is 5.02 Å². The van der Waals surface area contributed by atoms with Crippen LogP contribution in [-0.2, 0) is 17.9 Å². The number of benzene rings is 2. The van der Waals surface area contributed by atoms with Crippen LogP contribution in [0.15, 0.2) is 47.5 Å². The zero-order chi connectivity index (χ0) is 26.0. The number of hydrogen-bond acceptors (Lipinski definition) is 6. The smallest absolute Gasteiger partial charge is 0.320 e. The molecule has 13 heteroatoms. The zero-order valence-corrected chi connectivity index (χ0v) is 19.4. The number of aliphatic hydroxyl groups is 1. The quantitative estimate of drug-likeness (QED) is 0.493. The van der Waals surface area contributed by atoms with Gasteiger partial charge >= 0.3 is 6.03 Å². The Morgan fingerprint density at radius 3 is 2.61 bits per heavy atom. The largest absolute Gasteiger partial charge is 0.471 e. The Morgan fingerprint density at radius 1 is 1.14 bits per heavy atom. The summed E-state index contributed by atoms with van der Waals surface area (Å²) in [6, 6.07) is 7.10.